The zero-order chi connectivity index (χ0) is 11.9. The van der Waals surface area contributed by atoms with Crippen LogP contribution in [0.25, 0.3) is 10.9 Å². The predicted molar refractivity (Wildman–Crippen MR) is 62.4 cm³/mol. The lowest BCUT2D eigenvalue weighted by Crippen LogP contribution is -2.41. The van der Waals surface area contributed by atoms with Gasteiger partial charge in [-0.05, 0) is 18.6 Å². The zero-order valence-corrected chi connectivity index (χ0v) is 9.23. The number of nitrogens with zero attached hydrogens (tertiary/aromatic N) is 2. The van der Waals surface area contributed by atoms with Crippen molar-refractivity contribution in [1.82, 2.24) is 9.13 Å². The molecule has 0 unspecified atom stereocenters. The average molecular weight is 219 g/mol. The molecule has 0 aliphatic rings. The molecule has 0 aliphatic carbocycles. The Bertz CT molecular complexity index is 667. The predicted octanol–water partition coefficient (Wildman–Crippen LogP) is -0.0752. The number of rotatable bonds is 1. The summed E-state index contributed by atoms with van der Waals surface area (Å²) >= 11 is 0. The van der Waals surface area contributed by atoms with E-state index in [0.29, 0.717) is 10.9 Å². The Morgan fingerprint density at radius 2 is 2.00 bits per heavy atom. The van der Waals surface area contributed by atoms with E-state index in [0.717, 1.165) is 10.1 Å². The van der Waals surface area contributed by atoms with Gasteiger partial charge in [-0.15, -0.1) is 0 Å². The van der Waals surface area contributed by atoms with E-state index in [9.17, 15) is 9.59 Å². The fraction of sp³-hybridized carbons (Fsp3) is 0.273. The molecule has 1 heterocycles. The summed E-state index contributed by atoms with van der Waals surface area (Å²) in [5.74, 6) is 0. The third-order valence-corrected chi connectivity index (χ3v) is 2.75. The van der Waals surface area contributed by atoms with Crippen molar-refractivity contribution >= 4 is 10.9 Å². The molecule has 2 aromatic rings. The number of para-hydroxylation sites is 1. The summed E-state index contributed by atoms with van der Waals surface area (Å²) in [4.78, 5) is 23.8. The van der Waals surface area contributed by atoms with Gasteiger partial charge >= 0.3 is 5.69 Å². The van der Waals surface area contributed by atoms with E-state index in [4.69, 9.17) is 5.73 Å². The maximum atomic E-state index is 12.0. The molecule has 16 heavy (non-hydrogen) atoms. The van der Waals surface area contributed by atoms with Gasteiger partial charge in [0.05, 0.1) is 17.6 Å². The molecule has 0 bridgehead atoms. The molecule has 0 atom stereocenters. The molecule has 0 amide bonds. The number of aromatic nitrogens is 2. The number of nitrogens with two attached hydrogens (primary N) is 1. The van der Waals surface area contributed by atoms with Crippen molar-refractivity contribution in [3.63, 3.8) is 0 Å². The topological polar surface area (TPSA) is 70.0 Å². The molecule has 0 aliphatic heterocycles. The van der Waals surface area contributed by atoms with Crippen LogP contribution < -0.4 is 17.0 Å². The maximum Gasteiger partial charge on any atom is 0.332 e. The number of fused-ring (bicyclic) bond motifs is 1. The molecule has 2 rings (SSSR count). The summed E-state index contributed by atoms with van der Waals surface area (Å²) in [5.41, 5.74) is 6.26. The van der Waals surface area contributed by atoms with Gasteiger partial charge in [-0.3, -0.25) is 9.36 Å². The van der Waals surface area contributed by atoms with Crippen molar-refractivity contribution in [2.75, 3.05) is 0 Å². The van der Waals surface area contributed by atoms with E-state index in [1.54, 1.807) is 19.2 Å². The van der Waals surface area contributed by atoms with Gasteiger partial charge in [0.2, 0.25) is 0 Å². The third kappa shape index (κ3) is 1.29. The van der Waals surface area contributed by atoms with Gasteiger partial charge in [0.1, 0.15) is 0 Å². The molecule has 0 saturated heterocycles. The monoisotopic (exact) mass is 219 g/mol. The van der Waals surface area contributed by atoms with Crippen LogP contribution >= 0.6 is 0 Å². The standard InChI is InChI=1S/C11H13N3O2/c1-7-4-3-5-8-9(7)13(2)11(16)14(6-12)10(8)15/h3-5H,6,12H2,1-2H3. The van der Waals surface area contributed by atoms with Crippen molar-refractivity contribution in [2.45, 2.75) is 13.6 Å². The van der Waals surface area contributed by atoms with Gasteiger partial charge in [-0.1, -0.05) is 12.1 Å². The maximum absolute atomic E-state index is 12.0. The summed E-state index contributed by atoms with van der Waals surface area (Å²) in [5, 5.41) is 0.521. The van der Waals surface area contributed by atoms with Crippen LogP contribution in [0.4, 0.5) is 0 Å². The number of hydrogen-bond acceptors (Lipinski definition) is 3. The van der Waals surface area contributed by atoms with Crippen molar-refractivity contribution in [1.29, 1.82) is 0 Å². The van der Waals surface area contributed by atoms with Crippen LogP contribution in [0.5, 0.6) is 0 Å². The van der Waals surface area contributed by atoms with Crippen molar-refractivity contribution in [3.8, 4) is 0 Å². The first-order chi connectivity index (χ1) is 7.57. The minimum absolute atomic E-state index is 0.102. The molecule has 5 heteroatoms. The molecule has 1 aromatic heterocycles. The number of aryl methyl sites for hydroxylation is 2. The Balaban J connectivity index is 3.15. The van der Waals surface area contributed by atoms with Crippen molar-refractivity contribution < 1.29 is 0 Å². The quantitative estimate of drug-likeness (QED) is 0.729. The Labute approximate surface area is 91.7 Å². The zero-order valence-electron chi connectivity index (χ0n) is 9.23. The SMILES string of the molecule is Cc1cccc2c(=O)n(CN)c(=O)n(C)c12. The molecular weight excluding hydrogens is 206 g/mol. The molecule has 0 radical (unpaired) electrons. The van der Waals surface area contributed by atoms with Crippen LogP contribution in [0, 0.1) is 6.92 Å². The summed E-state index contributed by atoms with van der Waals surface area (Å²) in [6.07, 6.45) is 0. The van der Waals surface area contributed by atoms with Crippen LogP contribution in [0.2, 0.25) is 0 Å². The molecule has 0 fully saturated rings. The van der Waals surface area contributed by atoms with E-state index < -0.39 is 0 Å². The second-order valence-corrected chi connectivity index (χ2v) is 3.73. The average Bonchev–Trinajstić information content (AvgIpc) is 2.27. The van der Waals surface area contributed by atoms with Gasteiger partial charge in [-0.2, -0.15) is 0 Å². The van der Waals surface area contributed by atoms with Crippen LogP contribution in [0.1, 0.15) is 5.56 Å². The Kier molecular flexibility index (Phi) is 2.40. The van der Waals surface area contributed by atoms with Crippen molar-refractivity contribution in [2.24, 2.45) is 12.8 Å². The fourth-order valence-electron chi connectivity index (χ4n) is 1.95. The normalized spacial score (nSPS) is 10.9. The summed E-state index contributed by atoms with van der Waals surface area (Å²) in [7, 11) is 1.64. The van der Waals surface area contributed by atoms with Gasteiger partial charge in [-0.25, -0.2) is 9.36 Å². The lowest BCUT2D eigenvalue weighted by atomic mass is 10.1. The first-order valence-corrected chi connectivity index (χ1v) is 4.97. The molecule has 84 valence electrons. The molecule has 0 saturated carbocycles. The van der Waals surface area contributed by atoms with Gasteiger partial charge in [0.15, 0.2) is 0 Å². The number of benzene rings is 1. The first kappa shape index (κ1) is 10.6. The Morgan fingerprint density at radius 1 is 1.31 bits per heavy atom. The van der Waals surface area contributed by atoms with Crippen LogP contribution in [0.15, 0.2) is 27.8 Å². The highest BCUT2D eigenvalue weighted by Crippen LogP contribution is 2.11. The van der Waals surface area contributed by atoms with E-state index in [2.05, 4.69) is 0 Å². The van der Waals surface area contributed by atoms with Crippen LogP contribution in [-0.4, -0.2) is 9.13 Å². The highest BCUT2D eigenvalue weighted by atomic mass is 16.2. The molecular formula is C11H13N3O2. The van der Waals surface area contributed by atoms with E-state index in [-0.39, 0.29) is 17.9 Å². The molecule has 1 aromatic carbocycles. The summed E-state index contributed by atoms with van der Waals surface area (Å²) in [6, 6.07) is 5.37. The fourth-order valence-corrected chi connectivity index (χ4v) is 1.95. The smallest absolute Gasteiger partial charge is 0.313 e. The van der Waals surface area contributed by atoms with E-state index >= 15 is 0 Å². The highest BCUT2D eigenvalue weighted by molar-refractivity contribution is 5.81. The van der Waals surface area contributed by atoms with Crippen molar-refractivity contribution in [3.05, 3.63) is 44.6 Å². The highest BCUT2D eigenvalue weighted by Gasteiger charge is 2.10. The summed E-state index contributed by atoms with van der Waals surface area (Å²) in [6.45, 7) is 1.77. The Morgan fingerprint density at radius 3 is 2.62 bits per heavy atom. The van der Waals surface area contributed by atoms with Crippen LogP contribution in [-0.2, 0) is 13.7 Å². The van der Waals surface area contributed by atoms with Gasteiger partial charge in [0.25, 0.3) is 5.56 Å². The van der Waals surface area contributed by atoms with E-state index in [1.165, 1.54) is 4.57 Å². The minimum Gasteiger partial charge on any atom is -0.313 e. The first-order valence-electron chi connectivity index (χ1n) is 4.97. The molecule has 2 N–H and O–H groups in total. The second kappa shape index (κ2) is 3.61. The van der Waals surface area contributed by atoms with Crippen LogP contribution in [0.3, 0.4) is 0 Å². The summed E-state index contributed by atoms with van der Waals surface area (Å²) < 4.78 is 2.49. The Hall–Kier alpha value is -1.88. The lowest BCUT2D eigenvalue weighted by molar-refractivity contribution is 0.623. The molecule has 5 nitrogen and oxygen atoms in total. The third-order valence-electron chi connectivity index (χ3n) is 2.75. The second-order valence-electron chi connectivity index (χ2n) is 3.73. The largest absolute Gasteiger partial charge is 0.332 e. The molecule has 0 spiro atoms. The van der Waals surface area contributed by atoms with Gasteiger partial charge < -0.3 is 5.73 Å². The lowest BCUT2D eigenvalue weighted by Gasteiger charge is -2.10. The minimum atomic E-state index is -0.380. The van der Waals surface area contributed by atoms with Gasteiger partial charge in [0, 0.05) is 7.05 Å². The van der Waals surface area contributed by atoms with E-state index in [1.807, 2.05) is 13.0 Å². The number of hydrogen-bond donors (Lipinski definition) is 1.